The van der Waals surface area contributed by atoms with E-state index in [0.717, 1.165) is 16.8 Å². The Labute approximate surface area is 236 Å². The summed E-state index contributed by atoms with van der Waals surface area (Å²) in [6, 6.07) is 23.2. The molecule has 1 fully saturated rings. The molecule has 0 aliphatic carbocycles. The first-order chi connectivity index (χ1) is 19.2. The number of aromatic nitrogens is 1. The highest BCUT2D eigenvalue weighted by Crippen LogP contribution is 2.23. The average molecular weight is 543 g/mol. The third-order valence-corrected chi connectivity index (χ3v) is 6.77. The second-order valence-corrected chi connectivity index (χ2v) is 11.1. The fraction of sp³-hybridized carbons (Fsp3) is 0.375. The van der Waals surface area contributed by atoms with E-state index in [9.17, 15) is 14.4 Å². The van der Waals surface area contributed by atoms with Crippen molar-refractivity contribution in [1.29, 1.82) is 0 Å². The predicted molar refractivity (Wildman–Crippen MR) is 153 cm³/mol. The van der Waals surface area contributed by atoms with Gasteiger partial charge in [0.1, 0.15) is 17.7 Å². The topological polar surface area (TPSA) is 101 Å². The standard InChI is InChI=1S/C32H38N4O4/c1-32(2,3)40-31(39)35-27(21-23-13-6-4-7-14-23)30(38)36-20-12-18-28(36)29(37)34-26(24-15-8-5-9-16-24)22-25-17-10-11-19-33-25/h4-11,13-17,19,26-28H,12,18,20-22H2,1-3H3,(H,34,37)(H,35,39). The van der Waals surface area contributed by atoms with Crippen LogP contribution in [0.4, 0.5) is 4.79 Å². The Balaban J connectivity index is 1.52. The number of ether oxygens (including phenoxy) is 1. The minimum atomic E-state index is -0.871. The van der Waals surface area contributed by atoms with Crippen molar-refractivity contribution >= 4 is 17.9 Å². The minimum Gasteiger partial charge on any atom is -0.444 e. The second-order valence-electron chi connectivity index (χ2n) is 11.1. The summed E-state index contributed by atoms with van der Waals surface area (Å²) in [6.07, 6.45) is 3.13. The Kier molecular flexibility index (Phi) is 9.53. The van der Waals surface area contributed by atoms with E-state index >= 15 is 0 Å². The first kappa shape index (κ1) is 28.8. The van der Waals surface area contributed by atoms with E-state index < -0.39 is 23.8 Å². The zero-order chi connectivity index (χ0) is 28.5. The molecule has 8 nitrogen and oxygen atoms in total. The van der Waals surface area contributed by atoms with Crippen molar-refractivity contribution < 1.29 is 19.1 Å². The first-order valence-corrected chi connectivity index (χ1v) is 13.8. The van der Waals surface area contributed by atoms with Gasteiger partial charge in [0.05, 0.1) is 6.04 Å². The van der Waals surface area contributed by atoms with Gasteiger partial charge in [-0.3, -0.25) is 14.6 Å². The summed E-state index contributed by atoms with van der Waals surface area (Å²) in [7, 11) is 0. The first-order valence-electron chi connectivity index (χ1n) is 13.8. The van der Waals surface area contributed by atoms with Crippen LogP contribution in [0.2, 0.25) is 0 Å². The Bertz CT molecular complexity index is 1260. The maximum Gasteiger partial charge on any atom is 0.408 e. The molecule has 1 aliphatic rings. The molecule has 4 rings (SSSR count). The lowest BCUT2D eigenvalue weighted by atomic mass is 10.0. The van der Waals surface area contributed by atoms with Gasteiger partial charge in [0.15, 0.2) is 0 Å². The van der Waals surface area contributed by atoms with Crippen LogP contribution in [-0.4, -0.2) is 52.0 Å². The van der Waals surface area contributed by atoms with Gasteiger partial charge in [-0.2, -0.15) is 0 Å². The zero-order valence-corrected chi connectivity index (χ0v) is 23.4. The predicted octanol–water partition coefficient (Wildman–Crippen LogP) is 4.61. The Hall–Kier alpha value is -4.20. The summed E-state index contributed by atoms with van der Waals surface area (Å²) in [5.74, 6) is -0.514. The van der Waals surface area contributed by atoms with Crippen molar-refractivity contribution in [1.82, 2.24) is 20.5 Å². The molecule has 1 aromatic heterocycles. The SMILES string of the molecule is CC(C)(C)OC(=O)NC(Cc1ccccc1)C(=O)N1CCCC1C(=O)NC(Cc1ccccn1)c1ccccc1. The van der Waals surface area contributed by atoms with Gasteiger partial charge in [-0.15, -0.1) is 0 Å². The monoisotopic (exact) mass is 542 g/mol. The molecule has 2 heterocycles. The van der Waals surface area contributed by atoms with Crippen molar-refractivity contribution in [3.05, 3.63) is 102 Å². The second kappa shape index (κ2) is 13.2. The molecule has 0 radical (unpaired) electrons. The number of pyridine rings is 1. The maximum absolute atomic E-state index is 13.9. The normalized spacial score (nSPS) is 16.6. The fourth-order valence-electron chi connectivity index (χ4n) is 4.94. The Morgan fingerprint density at radius 1 is 0.925 bits per heavy atom. The number of amides is 3. The molecule has 3 aromatic rings. The van der Waals surface area contributed by atoms with Crippen LogP contribution in [-0.2, 0) is 27.2 Å². The molecule has 1 saturated heterocycles. The lowest BCUT2D eigenvalue weighted by molar-refractivity contribution is -0.140. The van der Waals surface area contributed by atoms with Gasteiger partial charge in [0.2, 0.25) is 11.8 Å². The average Bonchev–Trinajstić information content (AvgIpc) is 3.43. The number of hydrogen-bond donors (Lipinski definition) is 2. The molecular formula is C32H38N4O4. The molecular weight excluding hydrogens is 504 g/mol. The summed E-state index contributed by atoms with van der Waals surface area (Å²) in [6.45, 7) is 5.76. The molecule has 3 atom stereocenters. The molecule has 2 N–H and O–H groups in total. The lowest BCUT2D eigenvalue weighted by Gasteiger charge is -2.30. The van der Waals surface area contributed by atoms with E-state index in [0.29, 0.717) is 25.8 Å². The number of nitrogens with zero attached hydrogens (tertiary/aromatic N) is 2. The highest BCUT2D eigenvalue weighted by Gasteiger charge is 2.39. The molecule has 40 heavy (non-hydrogen) atoms. The van der Waals surface area contributed by atoms with E-state index in [1.54, 1.807) is 31.9 Å². The van der Waals surface area contributed by atoms with Crippen molar-refractivity contribution in [2.45, 2.75) is 70.2 Å². The van der Waals surface area contributed by atoms with Crippen LogP contribution in [0.1, 0.15) is 56.5 Å². The maximum atomic E-state index is 13.9. The van der Waals surface area contributed by atoms with Crippen molar-refractivity contribution in [2.75, 3.05) is 6.54 Å². The van der Waals surface area contributed by atoms with Gasteiger partial charge >= 0.3 is 6.09 Å². The van der Waals surface area contributed by atoms with Crippen molar-refractivity contribution in [3.63, 3.8) is 0 Å². The van der Waals surface area contributed by atoms with E-state index in [4.69, 9.17) is 4.74 Å². The number of nitrogens with one attached hydrogen (secondary N) is 2. The number of carbonyl (C=O) groups is 3. The van der Waals surface area contributed by atoms with Crippen LogP contribution in [0.15, 0.2) is 85.1 Å². The highest BCUT2D eigenvalue weighted by molar-refractivity contribution is 5.92. The van der Waals surface area contributed by atoms with E-state index in [1.807, 2.05) is 78.9 Å². The van der Waals surface area contributed by atoms with E-state index in [1.165, 1.54) is 0 Å². The number of alkyl carbamates (subject to hydrolysis) is 1. The molecule has 2 aromatic carbocycles. The fourth-order valence-corrected chi connectivity index (χ4v) is 4.94. The van der Waals surface area contributed by atoms with Gasteiger partial charge in [0.25, 0.3) is 0 Å². The summed E-state index contributed by atoms with van der Waals surface area (Å²) < 4.78 is 5.45. The smallest absolute Gasteiger partial charge is 0.408 e. The van der Waals surface area contributed by atoms with Gasteiger partial charge < -0.3 is 20.3 Å². The van der Waals surface area contributed by atoms with Gasteiger partial charge in [-0.05, 0) is 56.9 Å². The molecule has 3 amide bonds. The van der Waals surface area contributed by atoms with E-state index in [-0.39, 0.29) is 24.3 Å². The molecule has 210 valence electrons. The molecule has 1 aliphatic heterocycles. The van der Waals surface area contributed by atoms with E-state index in [2.05, 4.69) is 15.6 Å². The van der Waals surface area contributed by atoms with Crippen LogP contribution in [0.5, 0.6) is 0 Å². The summed E-state index contributed by atoms with van der Waals surface area (Å²) in [5, 5.41) is 5.95. The van der Waals surface area contributed by atoms with Gasteiger partial charge in [-0.1, -0.05) is 66.7 Å². The number of carbonyl (C=O) groups excluding carboxylic acids is 3. The summed E-state index contributed by atoms with van der Waals surface area (Å²) in [4.78, 5) is 46.3. The molecule has 3 unspecified atom stereocenters. The zero-order valence-electron chi connectivity index (χ0n) is 23.4. The summed E-state index contributed by atoms with van der Waals surface area (Å²) in [5.41, 5.74) is 2.02. The summed E-state index contributed by atoms with van der Waals surface area (Å²) >= 11 is 0. The number of hydrogen-bond acceptors (Lipinski definition) is 5. The van der Waals surface area contributed by atoms with Crippen molar-refractivity contribution in [3.8, 4) is 0 Å². The van der Waals surface area contributed by atoms with Crippen LogP contribution in [0.25, 0.3) is 0 Å². The largest absolute Gasteiger partial charge is 0.444 e. The third kappa shape index (κ3) is 8.15. The molecule has 0 spiro atoms. The van der Waals surface area contributed by atoms with Gasteiger partial charge in [-0.25, -0.2) is 4.79 Å². The van der Waals surface area contributed by atoms with Gasteiger partial charge in [0, 0.05) is 31.3 Å². The van der Waals surface area contributed by atoms with Crippen LogP contribution in [0, 0.1) is 0 Å². The van der Waals surface area contributed by atoms with Crippen LogP contribution < -0.4 is 10.6 Å². The van der Waals surface area contributed by atoms with Crippen LogP contribution >= 0.6 is 0 Å². The molecule has 0 bridgehead atoms. The van der Waals surface area contributed by atoms with Crippen molar-refractivity contribution in [2.24, 2.45) is 0 Å². The Morgan fingerprint density at radius 2 is 1.60 bits per heavy atom. The quantitative estimate of drug-likeness (QED) is 0.411. The lowest BCUT2D eigenvalue weighted by Crippen LogP contribution is -2.55. The number of likely N-dealkylation sites (tertiary alicyclic amines) is 1. The minimum absolute atomic E-state index is 0.216. The van der Waals surface area contributed by atoms with Crippen LogP contribution in [0.3, 0.4) is 0 Å². The molecule has 0 saturated carbocycles. The molecule has 8 heteroatoms. The number of benzene rings is 2. The highest BCUT2D eigenvalue weighted by atomic mass is 16.6. The third-order valence-electron chi connectivity index (χ3n) is 6.77. The Morgan fingerprint density at radius 3 is 2.25 bits per heavy atom. The number of rotatable bonds is 9.